The second-order valence-corrected chi connectivity index (χ2v) is 20.3. The van der Waals surface area contributed by atoms with Crippen LogP contribution in [0.3, 0.4) is 0 Å². The van der Waals surface area contributed by atoms with Crippen LogP contribution in [0, 0.1) is 11.2 Å². The van der Waals surface area contributed by atoms with Crippen molar-refractivity contribution in [2.45, 2.75) is 81.2 Å². The molecule has 0 radical (unpaired) electrons. The van der Waals surface area contributed by atoms with Gasteiger partial charge in [-0.25, -0.2) is 17.5 Å². The number of hydrogen-bond donors (Lipinski definition) is 0. The summed E-state index contributed by atoms with van der Waals surface area (Å²) in [7, 11) is -5.68. The van der Waals surface area contributed by atoms with Crippen molar-refractivity contribution in [1.29, 1.82) is 0 Å². The average molecular weight is 567 g/mol. The lowest BCUT2D eigenvalue weighted by Gasteiger charge is -2.50. The van der Waals surface area contributed by atoms with Gasteiger partial charge in [-0.3, -0.25) is 0 Å². The first-order chi connectivity index (χ1) is 18.2. The van der Waals surface area contributed by atoms with Crippen LogP contribution in [-0.2, 0) is 20.7 Å². The van der Waals surface area contributed by atoms with Crippen molar-refractivity contribution in [3.8, 4) is 5.69 Å². The zero-order valence-corrected chi connectivity index (χ0v) is 25.6. The fourth-order valence-electron chi connectivity index (χ4n) is 5.83. The lowest BCUT2D eigenvalue weighted by Crippen LogP contribution is -2.52. The van der Waals surface area contributed by atoms with Crippen molar-refractivity contribution in [1.82, 2.24) is 9.78 Å². The first kappa shape index (κ1) is 28.0. The van der Waals surface area contributed by atoms with Gasteiger partial charge in [0.15, 0.2) is 18.2 Å². The molecule has 2 aromatic carbocycles. The number of rotatable bonds is 6. The van der Waals surface area contributed by atoms with Gasteiger partial charge in [-0.05, 0) is 98.8 Å². The standard InChI is InChI=1S/C31H39FN2O3SSi/c1-29(2,3)39(5,6)37-22-31-19-23-20-33-34(26-14-12-25(32)13-15-26)28(23)18-24(31)16-17-30(4,21-31)38(35,36)27-10-8-7-9-11-27/h7-15,18,20H,16-17,19,21-22H2,1-6H3/t30-,31+/m0/s1. The Morgan fingerprint density at radius 2 is 1.74 bits per heavy atom. The number of sulfone groups is 1. The molecular weight excluding hydrogens is 528 g/mol. The summed E-state index contributed by atoms with van der Waals surface area (Å²) in [6.45, 7) is 13.6. The molecule has 208 valence electrons. The van der Waals surface area contributed by atoms with Gasteiger partial charge in [-0.15, -0.1) is 0 Å². The topological polar surface area (TPSA) is 61.2 Å². The molecule has 0 bridgehead atoms. The average Bonchev–Trinajstić information content (AvgIpc) is 3.28. The monoisotopic (exact) mass is 566 g/mol. The van der Waals surface area contributed by atoms with Crippen molar-refractivity contribution < 1.29 is 17.2 Å². The van der Waals surface area contributed by atoms with Crippen molar-refractivity contribution in [2.24, 2.45) is 5.41 Å². The normalized spacial score (nSPS) is 23.6. The second-order valence-electron chi connectivity index (χ2n) is 13.1. The Morgan fingerprint density at radius 1 is 1.08 bits per heavy atom. The summed E-state index contributed by atoms with van der Waals surface area (Å²) in [5.74, 6) is -0.286. The summed E-state index contributed by atoms with van der Waals surface area (Å²) in [5, 5.41) is 4.70. The highest BCUT2D eigenvalue weighted by atomic mass is 32.2. The molecule has 2 aliphatic carbocycles. The van der Waals surface area contributed by atoms with Crippen molar-refractivity contribution >= 4 is 24.2 Å². The van der Waals surface area contributed by atoms with E-state index < -0.39 is 28.3 Å². The Hall–Kier alpha value is -2.55. The van der Waals surface area contributed by atoms with Crippen LogP contribution in [0.2, 0.25) is 18.1 Å². The molecule has 5 nitrogen and oxygen atoms in total. The fourth-order valence-corrected chi connectivity index (χ4v) is 8.82. The molecule has 0 aliphatic heterocycles. The molecule has 39 heavy (non-hydrogen) atoms. The zero-order chi connectivity index (χ0) is 28.3. The Kier molecular flexibility index (Phi) is 6.84. The van der Waals surface area contributed by atoms with Crippen LogP contribution >= 0.6 is 0 Å². The minimum Gasteiger partial charge on any atom is -0.416 e. The predicted octanol–water partition coefficient (Wildman–Crippen LogP) is 7.38. The molecule has 0 unspecified atom stereocenters. The largest absolute Gasteiger partial charge is 0.416 e. The van der Waals surface area contributed by atoms with Crippen LogP contribution in [0.4, 0.5) is 4.39 Å². The molecule has 3 aromatic rings. The van der Waals surface area contributed by atoms with E-state index in [0.717, 1.165) is 16.9 Å². The SMILES string of the molecule is CC(C)(C)[Si](C)(C)OC[C@]12Cc3cnn(-c4ccc(F)cc4)c3C=C1CC[C@](C)(S(=O)(=O)c1ccccc1)C2. The minimum atomic E-state index is -3.58. The third-order valence-corrected chi connectivity index (χ3v) is 16.3. The summed E-state index contributed by atoms with van der Waals surface area (Å²) < 4.78 is 49.5. The quantitative estimate of drug-likeness (QED) is 0.292. The fraction of sp³-hybridized carbons (Fsp3) is 0.452. The molecule has 1 aromatic heterocycles. The molecule has 2 aliphatic rings. The van der Waals surface area contributed by atoms with Gasteiger partial charge in [-0.1, -0.05) is 44.5 Å². The van der Waals surface area contributed by atoms with Crippen LogP contribution in [0.15, 0.2) is 71.3 Å². The number of hydrogen-bond acceptors (Lipinski definition) is 4. The van der Waals surface area contributed by atoms with Crippen molar-refractivity contribution in [2.75, 3.05) is 6.61 Å². The Balaban J connectivity index is 1.58. The van der Waals surface area contributed by atoms with E-state index in [1.807, 2.05) is 23.9 Å². The van der Waals surface area contributed by atoms with E-state index in [1.165, 1.54) is 17.7 Å². The molecule has 1 fully saturated rings. The maximum absolute atomic E-state index is 14.0. The van der Waals surface area contributed by atoms with Gasteiger partial charge in [0, 0.05) is 12.0 Å². The molecule has 0 amide bonds. The van der Waals surface area contributed by atoms with Gasteiger partial charge in [0.2, 0.25) is 0 Å². The number of nitrogens with zero attached hydrogens (tertiary/aromatic N) is 2. The molecule has 5 rings (SSSR count). The summed E-state index contributed by atoms with van der Waals surface area (Å²) in [6.07, 6.45) is 6.41. The first-order valence-electron chi connectivity index (χ1n) is 13.7. The van der Waals surface area contributed by atoms with Crippen LogP contribution < -0.4 is 0 Å². The van der Waals surface area contributed by atoms with Crippen molar-refractivity contribution in [3.63, 3.8) is 0 Å². The van der Waals surface area contributed by atoms with E-state index in [1.54, 1.807) is 36.4 Å². The predicted molar refractivity (Wildman–Crippen MR) is 157 cm³/mol. The van der Waals surface area contributed by atoms with Crippen LogP contribution in [0.5, 0.6) is 0 Å². The number of aromatic nitrogens is 2. The second kappa shape index (κ2) is 9.53. The van der Waals surface area contributed by atoms with Gasteiger partial charge >= 0.3 is 0 Å². The summed E-state index contributed by atoms with van der Waals surface area (Å²) in [6, 6.07) is 15.2. The number of halogens is 1. The molecule has 8 heteroatoms. The number of benzene rings is 2. The lowest BCUT2D eigenvalue weighted by molar-refractivity contribution is 0.120. The lowest BCUT2D eigenvalue weighted by atomic mass is 9.62. The van der Waals surface area contributed by atoms with E-state index in [4.69, 9.17) is 4.43 Å². The highest BCUT2D eigenvalue weighted by Crippen LogP contribution is 2.55. The molecular formula is C31H39FN2O3SSi. The Bertz CT molecular complexity index is 1510. The van der Waals surface area contributed by atoms with Gasteiger partial charge in [-0.2, -0.15) is 5.10 Å². The summed E-state index contributed by atoms with van der Waals surface area (Å²) >= 11 is 0. The highest BCUT2D eigenvalue weighted by molar-refractivity contribution is 7.92. The molecule has 0 spiro atoms. The summed E-state index contributed by atoms with van der Waals surface area (Å²) in [4.78, 5) is 0.376. The molecule has 1 saturated carbocycles. The minimum absolute atomic E-state index is 0.0366. The molecule has 2 atom stereocenters. The molecule has 1 heterocycles. The van der Waals surface area contributed by atoms with Gasteiger partial charge < -0.3 is 4.43 Å². The first-order valence-corrected chi connectivity index (χ1v) is 18.0. The van der Waals surface area contributed by atoms with E-state index in [-0.39, 0.29) is 10.9 Å². The van der Waals surface area contributed by atoms with E-state index in [0.29, 0.717) is 37.2 Å². The van der Waals surface area contributed by atoms with E-state index in [9.17, 15) is 12.8 Å². The van der Waals surface area contributed by atoms with Crippen LogP contribution in [-0.4, -0.2) is 37.9 Å². The smallest absolute Gasteiger partial charge is 0.192 e. The number of fused-ring (bicyclic) bond motifs is 2. The van der Waals surface area contributed by atoms with E-state index in [2.05, 4.69) is 45.0 Å². The van der Waals surface area contributed by atoms with Crippen LogP contribution in [0.1, 0.15) is 58.2 Å². The maximum atomic E-state index is 14.0. The van der Waals surface area contributed by atoms with Gasteiger partial charge in [0.25, 0.3) is 0 Å². The molecule has 0 saturated heterocycles. The Morgan fingerprint density at radius 3 is 2.38 bits per heavy atom. The zero-order valence-electron chi connectivity index (χ0n) is 23.8. The van der Waals surface area contributed by atoms with Gasteiger partial charge in [0.1, 0.15) is 5.82 Å². The third-order valence-electron chi connectivity index (χ3n) is 9.33. The van der Waals surface area contributed by atoms with Crippen LogP contribution in [0.25, 0.3) is 11.8 Å². The van der Waals surface area contributed by atoms with Gasteiger partial charge in [0.05, 0.1) is 27.2 Å². The van der Waals surface area contributed by atoms with Crippen molar-refractivity contribution in [3.05, 3.63) is 83.4 Å². The van der Waals surface area contributed by atoms with E-state index >= 15 is 0 Å². The maximum Gasteiger partial charge on any atom is 0.192 e. The highest BCUT2D eigenvalue weighted by Gasteiger charge is 2.54. The molecule has 0 N–H and O–H groups in total. The Labute approximate surface area is 233 Å². The summed E-state index contributed by atoms with van der Waals surface area (Å²) in [5.41, 5.74) is 3.61. The third kappa shape index (κ3) is 4.85.